The highest BCUT2D eigenvalue weighted by atomic mass is 35.5. The van der Waals surface area contributed by atoms with Gasteiger partial charge in [-0.3, -0.25) is 9.10 Å². The molecule has 9 heteroatoms. The first-order valence-electron chi connectivity index (χ1n) is 11.9. The van der Waals surface area contributed by atoms with E-state index in [1.54, 1.807) is 66.4 Å². The molecule has 0 saturated carbocycles. The molecule has 0 radical (unpaired) electrons. The number of carbonyl (C=O) groups is 1. The normalized spacial score (nSPS) is 14.0. The van der Waals surface area contributed by atoms with Crippen molar-refractivity contribution in [2.24, 2.45) is 0 Å². The molecule has 190 valence electrons. The van der Waals surface area contributed by atoms with Gasteiger partial charge in [0.1, 0.15) is 5.75 Å². The number of anilines is 2. The van der Waals surface area contributed by atoms with Gasteiger partial charge in [-0.05, 0) is 67.9 Å². The molecular weight excluding hydrogens is 498 g/mol. The largest absolute Gasteiger partial charge is 0.484 e. The minimum absolute atomic E-state index is 0.0741. The number of rotatable bonds is 8. The molecule has 1 amide bonds. The molecule has 36 heavy (non-hydrogen) atoms. The van der Waals surface area contributed by atoms with E-state index in [0.29, 0.717) is 29.5 Å². The molecule has 0 N–H and O–H groups in total. The number of halogens is 1. The maximum atomic E-state index is 13.0. The van der Waals surface area contributed by atoms with Gasteiger partial charge in [-0.25, -0.2) is 8.42 Å². The Bertz CT molecular complexity index is 1290. The van der Waals surface area contributed by atoms with Gasteiger partial charge in [-0.2, -0.15) is 0 Å². The van der Waals surface area contributed by atoms with Crippen molar-refractivity contribution < 1.29 is 17.9 Å². The Morgan fingerprint density at radius 2 is 1.64 bits per heavy atom. The Balaban J connectivity index is 1.32. The van der Waals surface area contributed by atoms with Gasteiger partial charge in [0.2, 0.25) is 0 Å². The summed E-state index contributed by atoms with van der Waals surface area (Å²) in [5.74, 6) is 0.428. The van der Waals surface area contributed by atoms with E-state index in [9.17, 15) is 13.2 Å². The van der Waals surface area contributed by atoms with Gasteiger partial charge in [0.15, 0.2) is 6.61 Å². The lowest BCUT2D eigenvalue weighted by atomic mass is 10.1. The van der Waals surface area contributed by atoms with E-state index in [0.717, 1.165) is 24.3 Å². The summed E-state index contributed by atoms with van der Waals surface area (Å²) < 4.78 is 33.1. The van der Waals surface area contributed by atoms with E-state index in [2.05, 4.69) is 11.8 Å². The van der Waals surface area contributed by atoms with Crippen LogP contribution in [0.15, 0.2) is 77.7 Å². The molecular formula is C27H30ClN3O4S. The van der Waals surface area contributed by atoms with Crippen LogP contribution in [0.1, 0.15) is 12.5 Å². The lowest BCUT2D eigenvalue weighted by Crippen LogP contribution is -2.50. The average molecular weight is 528 g/mol. The molecule has 0 bridgehead atoms. The van der Waals surface area contributed by atoms with Gasteiger partial charge in [-0.15, -0.1) is 0 Å². The van der Waals surface area contributed by atoms with E-state index < -0.39 is 10.0 Å². The number of hydrogen-bond donors (Lipinski definition) is 0. The van der Waals surface area contributed by atoms with Crippen molar-refractivity contribution in [3.8, 4) is 5.75 Å². The van der Waals surface area contributed by atoms with E-state index in [1.807, 2.05) is 18.2 Å². The van der Waals surface area contributed by atoms with E-state index in [1.165, 1.54) is 4.31 Å². The van der Waals surface area contributed by atoms with Crippen molar-refractivity contribution >= 4 is 38.9 Å². The van der Waals surface area contributed by atoms with Crippen LogP contribution in [0.25, 0.3) is 0 Å². The number of carbonyl (C=O) groups excluding carboxylic acids is 1. The molecule has 7 nitrogen and oxygen atoms in total. The summed E-state index contributed by atoms with van der Waals surface area (Å²) in [6.45, 7) is 6.72. The first-order chi connectivity index (χ1) is 17.3. The van der Waals surface area contributed by atoms with Crippen molar-refractivity contribution in [2.75, 3.05) is 48.5 Å². The average Bonchev–Trinajstić information content (AvgIpc) is 2.90. The van der Waals surface area contributed by atoms with E-state index in [-0.39, 0.29) is 24.0 Å². The third-order valence-corrected chi connectivity index (χ3v) is 8.40. The highest BCUT2D eigenvalue weighted by molar-refractivity contribution is 7.92. The fourth-order valence-corrected chi connectivity index (χ4v) is 5.94. The molecule has 3 aromatic carbocycles. The molecule has 0 unspecified atom stereocenters. The van der Waals surface area contributed by atoms with Crippen LogP contribution in [0.2, 0.25) is 5.02 Å². The van der Waals surface area contributed by atoms with Crippen LogP contribution in [-0.4, -0.2) is 58.6 Å². The molecule has 3 aromatic rings. The zero-order chi connectivity index (χ0) is 25.7. The van der Waals surface area contributed by atoms with Crippen LogP contribution in [0.4, 0.5) is 11.4 Å². The lowest BCUT2D eigenvalue weighted by Gasteiger charge is -2.36. The smallest absolute Gasteiger partial charge is 0.264 e. The number of nitrogens with zero attached hydrogens (tertiary/aromatic N) is 3. The Kier molecular flexibility index (Phi) is 8.06. The van der Waals surface area contributed by atoms with Crippen LogP contribution in [0, 0.1) is 6.92 Å². The summed E-state index contributed by atoms with van der Waals surface area (Å²) in [5, 5.41) is 0.702. The first-order valence-corrected chi connectivity index (χ1v) is 13.7. The molecule has 0 aromatic heterocycles. The third kappa shape index (κ3) is 5.77. The maximum Gasteiger partial charge on any atom is 0.264 e. The van der Waals surface area contributed by atoms with E-state index >= 15 is 0 Å². The highest BCUT2D eigenvalue weighted by Crippen LogP contribution is 2.27. The van der Waals surface area contributed by atoms with Gasteiger partial charge in [-0.1, -0.05) is 35.9 Å². The summed E-state index contributed by atoms with van der Waals surface area (Å²) in [7, 11) is -3.67. The van der Waals surface area contributed by atoms with Gasteiger partial charge in [0, 0.05) is 43.4 Å². The zero-order valence-electron chi connectivity index (χ0n) is 20.4. The molecule has 4 rings (SSSR count). The quantitative estimate of drug-likeness (QED) is 0.428. The number of ether oxygens (including phenoxy) is 1. The van der Waals surface area contributed by atoms with Crippen molar-refractivity contribution in [3.05, 3.63) is 83.4 Å². The molecule has 1 aliphatic rings. The van der Waals surface area contributed by atoms with E-state index in [4.69, 9.17) is 16.3 Å². The standard InChI is InChI=1S/C27H30ClN3O4S/c1-3-31(36(33,34)25-7-5-4-6-8-25)23-11-13-24(14-12-23)35-20-27(32)30-17-15-29(16-18-30)26-19-22(28)10-9-21(26)2/h4-14,19H,3,15-18,20H2,1-2H3. The molecule has 1 aliphatic heterocycles. The van der Waals surface area contributed by atoms with Crippen LogP contribution in [0.5, 0.6) is 5.75 Å². The van der Waals surface area contributed by atoms with Gasteiger partial charge < -0.3 is 14.5 Å². The SMILES string of the molecule is CCN(c1ccc(OCC(=O)N2CCN(c3cc(Cl)ccc3C)CC2)cc1)S(=O)(=O)c1ccccc1. The maximum absolute atomic E-state index is 13.0. The number of aryl methyl sites for hydroxylation is 1. The second-order valence-corrected chi connectivity index (χ2v) is 10.9. The Morgan fingerprint density at radius 1 is 0.972 bits per heavy atom. The molecule has 0 spiro atoms. The number of sulfonamides is 1. The minimum atomic E-state index is -3.67. The van der Waals surface area contributed by atoms with Crippen LogP contribution in [0.3, 0.4) is 0 Å². The number of hydrogen-bond acceptors (Lipinski definition) is 5. The molecule has 1 saturated heterocycles. The van der Waals surface area contributed by atoms with Gasteiger partial charge in [0.05, 0.1) is 10.6 Å². The van der Waals surface area contributed by atoms with Crippen molar-refractivity contribution in [1.82, 2.24) is 4.90 Å². The molecule has 1 heterocycles. The summed E-state index contributed by atoms with van der Waals surface area (Å²) in [5.41, 5.74) is 2.79. The number of benzene rings is 3. The second-order valence-electron chi connectivity index (χ2n) is 8.56. The van der Waals surface area contributed by atoms with Gasteiger partial charge in [0.25, 0.3) is 15.9 Å². The van der Waals surface area contributed by atoms with Crippen LogP contribution < -0.4 is 13.9 Å². The fraction of sp³-hybridized carbons (Fsp3) is 0.296. The monoisotopic (exact) mass is 527 g/mol. The Morgan fingerprint density at radius 3 is 2.28 bits per heavy atom. The second kappa shape index (κ2) is 11.2. The molecule has 1 fully saturated rings. The zero-order valence-corrected chi connectivity index (χ0v) is 22.0. The summed E-state index contributed by atoms with van der Waals surface area (Å²) in [4.78, 5) is 17.0. The van der Waals surface area contributed by atoms with Crippen LogP contribution >= 0.6 is 11.6 Å². The minimum Gasteiger partial charge on any atom is -0.484 e. The number of piperazine rings is 1. The predicted molar refractivity (Wildman–Crippen MR) is 144 cm³/mol. The van der Waals surface area contributed by atoms with Crippen molar-refractivity contribution in [3.63, 3.8) is 0 Å². The third-order valence-electron chi connectivity index (χ3n) is 6.25. The predicted octanol–water partition coefficient (Wildman–Crippen LogP) is 4.59. The molecule has 0 aliphatic carbocycles. The summed E-state index contributed by atoms with van der Waals surface area (Å²) in [6, 6.07) is 20.9. The Labute approximate surface area is 217 Å². The lowest BCUT2D eigenvalue weighted by molar-refractivity contribution is -0.133. The first kappa shape index (κ1) is 25.9. The Hall–Kier alpha value is -3.23. The molecule has 0 atom stereocenters. The van der Waals surface area contributed by atoms with Crippen molar-refractivity contribution in [2.45, 2.75) is 18.7 Å². The van der Waals surface area contributed by atoms with Crippen LogP contribution in [-0.2, 0) is 14.8 Å². The summed E-state index contributed by atoms with van der Waals surface area (Å²) >= 11 is 6.16. The fourth-order valence-electron chi connectivity index (χ4n) is 4.28. The number of amides is 1. The van der Waals surface area contributed by atoms with Gasteiger partial charge >= 0.3 is 0 Å². The summed E-state index contributed by atoms with van der Waals surface area (Å²) in [6.07, 6.45) is 0. The highest BCUT2D eigenvalue weighted by Gasteiger charge is 2.24. The topological polar surface area (TPSA) is 70.2 Å². The van der Waals surface area contributed by atoms with Crippen molar-refractivity contribution in [1.29, 1.82) is 0 Å².